The Hall–Kier alpha value is -5.03. The molecule has 0 saturated carbocycles. The maximum Gasteiger partial charge on any atom is 0.137 e. The van der Waals surface area contributed by atoms with Gasteiger partial charge in [-0.05, 0) is 67.8 Å². The van der Waals surface area contributed by atoms with Crippen molar-refractivity contribution < 1.29 is 18.3 Å². The molecule has 5 rings (SSSR count). The van der Waals surface area contributed by atoms with Crippen molar-refractivity contribution in [2.45, 2.75) is 19.1 Å². The number of allylic oxidation sites excluding steroid dienone is 3. The molecule has 0 aliphatic heterocycles. The molecule has 2 aromatic carbocycles. The molecule has 0 bridgehead atoms. The second kappa shape index (κ2) is 11.6. The van der Waals surface area contributed by atoms with E-state index in [2.05, 4.69) is 27.1 Å². The molecule has 0 unspecified atom stereocenters. The number of hydrogen-bond acceptors (Lipinski definition) is 6. The Kier molecular flexibility index (Phi) is 7.79. The summed E-state index contributed by atoms with van der Waals surface area (Å²) in [5.41, 5.74) is 1.60. The van der Waals surface area contributed by atoms with Gasteiger partial charge in [0.1, 0.15) is 47.2 Å². The first-order valence-corrected chi connectivity index (χ1v) is 12.6. The standard InChI is InChI=1S/C30H26F3N7O/c1-3-20(13-14-34-2)28-26-5-4-6-27(40(26)38-29(28)21-7-9-22(31)10-8-21)36-16-30(41,17-39-19-35-18-37-39)24-12-11-23(32)15-25(24)33/h3-15,18-19,36,41H,2,16-17H2,1H3/b14-13-,20-3+/t30-/m0/s1. The van der Waals surface area contributed by atoms with E-state index in [-0.39, 0.29) is 24.5 Å². The molecular formula is C30H26F3N7O. The number of nitrogens with one attached hydrogen (secondary N) is 1. The maximum atomic E-state index is 14.9. The first kappa shape index (κ1) is 27.5. The lowest BCUT2D eigenvalue weighted by atomic mass is 9.92. The lowest BCUT2D eigenvalue weighted by Crippen LogP contribution is -2.40. The topological polar surface area (TPSA) is 92.6 Å². The summed E-state index contributed by atoms with van der Waals surface area (Å²) in [4.78, 5) is 7.72. The van der Waals surface area contributed by atoms with Crippen LogP contribution in [-0.4, -0.2) is 42.7 Å². The van der Waals surface area contributed by atoms with E-state index in [0.29, 0.717) is 22.6 Å². The number of hydrogen-bond donors (Lipinski definition) is 2. The van der Waals surface area contributed by atoms with Crippen LogP contribution in [0.2, 0.25) is 0 Å². The summed E-state index contributed by atoms with van der Waals surface area (Å²) in [5, 5.41) is 23.8. The minimum absolute atomic E-state index is 0.111. The Labute approximate surface area is 233 Å². The Balaban J connectivity index is 1.60. The lowest BCUT2D eigenvalue weighted by Gasteiger charge is -2.29. The molecule has 0 saturated heterocycles. The molecule has 8 nitrogen and oxygen atoms in total. The van der Waals surface area contributed by atoms with Gasteiger partial charge in [-0.2, -0.15) is 10.2 Å². The van der Waals surface area contributed by atoms with Gasteiger partial charge < -0.3 is 10.4 Å². The lowest BCUT2D eigenvalue weighted by molar-refractivity contribution is 0.0246. The number of pyridine rings is 1. The van der Waals surface area contributed by atoms with Crippen LogP contribution in [0.1, 0.15) is 18.1 Å². The fraction of sp³-hybridized carbons (Fsp3) is 0.133. The third kappa shape index (κ3) is 5.66. The van der Waals surface area contributed by atoms with Crippen LogP contribution < -0.4 is 5.32 Å². The number of rotatable bonds is 10. The molecule has 0 radical (unpaired) electrons. The minimum atomic E-state index is -1.85. The fourth-order valence-corrected chi connectivity index (χ4v) is 4.68. The number of aliphatic imine (C=N–C) groups is 1. The third-order valence-electron chi connectivity index (χ3n) is 6.62. The molecule has 11 heteroatoms. The van der Waals surface area contributed by atoms with E-state index in [9.17, 15) is 18.3 Å². The van der Waals surface area contributed by atoms with Gasteiger partial charge >= 0.3 is 0 Å². The molecule has 2 N–H and O–H groups in total. The van der Waals surface area contributed by atoms with E-state index in [1.54, 1.807) is 35.0 Å². The minimum Gasteiger partial charge on any atom is -0.381 e. The molecular weight excluding hydrogens is 531 g/mol. The predicted molar refractivity (Wildman–Crippen MR) is 152 cm³/mol. The molecule has 1 atom stereocenters. The van der Waals surface area contributed by atoms with E-state index in [0.717, 1.165) is 23.3 Å². The molecule has 208 valence electrons. The highest BCUT2D eigenvalue weighted by molar-refractivity contribution is 5.92. The summed E-state index contributed by atoms with van der Waals surface area (Å²) in [6.07, 6.45) is 7.96. The summed E-state index contributed by atoms with van der Waals surface area (Å²) in [7, 11) is 0. The summed E-state index contributed by atoms with van der Waals surface area (Å²) >= 11 is 0. The van der Waals surface area contributed by atoms with Crippen molar-refractivity contribution in [1.29, 1.82) is 0 Å². The van der Waals surface area contributed by atoms with E-state index in [1.807, 2.05) is 25.1 Å². The number of aliphatic hydroxyl groups is 1. The molecule has 0 aliphatic rings. The van der Waals surface area contributed by atoms with Gasteiger partial charge in [0.15, 0.2) is 0 Å². The van der Waals surface area contributed by atoms with Crippen molar-refractivity contribution in [1.82, 2.24) is 24.4 Å². The van der Waals surface area contributed by atoms with Crippen molar-refractivity contribution >= 4 is 23.6 Å². The van der Waals surface area contributed by atoms with Gasteiger partial charge in [-0.1, -0.05) is 18.2 Å². The highest BCUT2D eigenvalue weighted by Crippen LogP contribution is 2.35. The predicted octanol–water partition coefficient (Wildman–Crippen LogP) is 5.63. The van der Waals surface area contributed by atoms with Gasteiger partial charge in [0.25, 0.3) is 0 Å². The number of fused-ring (bicyclic) bond motifs is 1. The van der Waals surface area contributed by atoms with E-state index < -0.39 is 17.2 Å². The van der Waals surface area contributed by atoms with Gasteiger partial charge in [-0.25, -0.2) is 27.4 Å². The van der Waals surface area contributed by atoms with Gasteiger partial charge in [0.05, 0.1) is 18.6 Å². The molecule has 5 aromatic rings. The molecule has 0 fully saturated rings. The molecule has 0 aliphatic carbocycles. The number of anilines is 1. The average molecular weight is 558 g/mol. The van der Waals surface area contributed by atoms with Crippen molar-refractivity contribution in [3.05, 3.63) is 120 Å². The number of aromatic nitrogens is 5. The molecule has 3 aromatic heterocycles. The van der Waals surface area contributed by atoms with Crippen molar-refractivity contribution in [2.75, 3.05) is 11.9 Å². The molecule has 0 amide bonds. The zero-order valence-corrected chi connectivity index (χ0v) is 22.0. The largest absolute Gasteiger partial charge is 0.381 e. The van der Waals surface area contributed by atoms with Gasteiger partial charge in [0.2, 0.25) is 0 Å². The second-order valence-corrected chi connectivity index (χ2v) is 9.28. The molecule has 41 heavy (non-hydrogen) atoms. The normalized spacial score (nSPS) is 13.5. The smallest absolute Gasteiger partial charge is 0.137 e. The van der Waals surface area contributed by atoms with Crippen molar-refractivity contribution in [3.8, 4) is 11.3 Å². The van der Waals surface area contributed by atoms with Crippen LogP contribution in [0, 0.1) is 17.5 Å². The Morgan fingerprint density at radius 3 is 2.56 bits per heavy atom. The average Bonchev–Trinajstić information content (AvgIpc) is 3.61. The van der Waals surface area contributed by atoms with Crippen LogP contribution in [0.25, 0.3) is 22.3 Å². The van der Waals surface area contributed by atoms with Gasteiger partial charge in [0, 0.05) is 29.0 Å². The Morgan fingerprint density at radius 2 is 1.88 bits per heavy atom. The van der Waals surface area contributed by atoms with E-state index in [4.69, 9.17) is 5.10 Å². The van der Waals surface area contributed by atoms with Crippen LogP contribution in [0.4, 0.5) is 19.0 Å². The summed E-state index contributed by atoms with van der Waals surface area (Å²) < 4.78 is 45.4. The van der Waals surface area contributed by atoms with Crippen LogP contribution >= 0.6 is 0 Å². The first-order valence-electron chi connectivity index (χ1n) is 12.6. The number of nitrogens with zero attached hydrogens (tertiary/aromatic N) is 6. The van der Waals surface area contributed by atoms with Gasteiger partial charge in [-0.3, -0.25) is 4.99 Å². The summed E-state index contributed by atoms with van der Waals surface area (Å²) in [6.45, 7) is 5.04. The van der Waals surface area contributed by atoms with Crippen LogP contribution in [0.15, 0.2) is 96.7 Å². The van der Waals surface area contributed by atoms with Crippen molar-refractivity contribution in [2.24, 2.45) is 4.99 Å². The van der Waals surface area contributed by atoms with Crippen molar-refractivity contribution in [3.63, 3.8) is 0 Å². The zero-order valence-electron chi connectivity index (χ0n) is 22.0. The van der Waals surface area contributed by atoms with Crippen LogP contribution in [0.3, 0.4) is 0 Å². The van der Waals surface area contributed by atoms with E-state index >= 15 is 0 Å². The number of halogens is 3. The van der Waals surface area contributed by atoms with Gasteiger partial charge in [-0.15, -0.1) is 0 Å². The van der Waals surface area contributed by atoms with E-state index in [1.165, 1.54) is 35.5 Å². The quantitative estimate of drug-likeness (QED) is 0.172. The fourth-order valence-electron chi connectivity index (χ4n) is 4.68. The summed E-state index contributed by atoms with van der Waals surface area (Å²) in [5.74, 6) is -1.54. The Morgan fingerprint density at radius 1 is 1.10 bits per heavy atom. The van der Waals surface area contributed by atoms with Crippen LogP contribution in [0.5, 0.6) is 0 Å². The monoisotopic (exact) mass is 557 g/mol. The van der Waals surface area contributed by atoms with Crippen LogP contribution in [-0.2, 0) is 12.1 Å². The Bertz CT molecular complexity index is 1740. The summed E-state index contributed by atoms with van der Waals surface area (Å²) in [6, 6.07) is 14.5. The zero-order chi connectivity index (χ0) is 29.0. The molecule has 0 spiro atoms. The molecule has 3 heterocycles. The second-order valence-electron chi connectivity index (χ2n) is 9.28. The number of benzene rings is 2. The first-order chi connectivity index (χ1) is 19.8. The highest BCUT2D eigenvalue weighted by atomic mass is 19.1. The highest BCUT2D eigenvalue weighted by Gasteiger charge is 2.34. The third-order valence-corrected chi connectivity index (χ3v) is 6.62. The maximum absolute atomic E-state index is 14.9. The SMILES string of the molecule is C=N/C=C\C(=C/C)c1c(-c2ccc(F)cc2)nn2c(NC[C@](O)(Cn3cncn3)c3ccc(F)cc3F)cccc12.